The molecule has 2 N–H and O–H groups in total. The van der Waals surface area contributed by atoms with Gasteiger partial charge in [-0.1, -0.05) is 6.07 Å². The second kappa shape index (κ2) is 7.01. The van der Waals surface area contributed by atoms with Gasteiger partial charge in [0.25, 0.3) is 0 Å². The first kappa shape index (κ1) is 17.7. The number of carbonyl (C=O) groups is 2. The monoisotopic (exact) mass is 383 g/mol. The van der Waals surface area contributed by atoms with E-state index < -0.39 is 23.6 Å². The number of aryl methyl sites for hydroxylation is 1. The lowest BCUT2D eigenvalue weighted by molar-refractivity contribution is -0.126. The standard InChI is InChI=1S/C16H15F2N3O2S2/c1-8-12(25-16(24)19-8)7-13(22)20-11-5-6-21(15(11)23)14-9(17)3-2-4-10(14)18/h2-4,11H,5-7H2,1H3,(H,19,24)(H,20,22)/t11-/m0/s1. The van der Waals surface area contributed by atoms with E-state index in [-0.39, 0.29) is 24.6 Å². The number of nitrogens with zero attached hydrogens (tertiary/aromatic N) is 1. The molecule has 9 heteroatoms. The summed E-state index contributed by atoms with van der Waals surface area (Å²) in [5.74, 6) is -2.45. The van der Waals surface area contributed by atoms with Crippen molar-refractivity contribution >= 4 is 41.1 Å². The van der Waals surface area contributed by atoms with E-state index in [2.05, 4.69) is 10.3 Å². The second-order valence-electron chi connectivity index (χ2n) is 5.71. The van der Waals surface area contributed by atoms with Crippen LogP contribution in [-0.2, 0) is 16.0 Å². The van der Waals surface area contributed by atoms with Crippen molar-refractivity contribution in [2.45, 2.75) is 25.8 Å². The Balaban J connectivity index is 1.69. The number of hydrogen-bond donors (Lipinski definition) is 2. The Kier molecular flexibility index (Phi) is 4.96. The van der Waals surface area contributed by atoms with Crippen LogP contribution in [0.2, 0.25) is 0 Å². The maximum atomic E-state index is 13.9. The number of aromatic nitrogens is 1. The predicted molar refractivity (Wildman–Crippen MR) is 93.2 cm³/mol. The van der Waals surface area contributed by atoms with Crippen molar-refractivity contribution < 1.29 is 18.4 Å². The van der Waals surface area contributed by atoms with E-state index in [0.717, 1.165) is 27.6 Å². The van der Waals surface area contributed by atoms with Crippen molar-refractivity contribution in [3.63, 3.8) is 0 Å². The largest absolute Gasteiger partial charge is 0.344 e. The van der Waals surface area contributed by atoms with Crippen molar-refractivity contribution in [1.29, 1.82) is 0 Å². The van der Waals surface area contributed by atoms with Crippen LogP contribution in [0, 0.1) is 22.5 Å². The minimum absolute atomic E-state index is 0.0987. The Labute approximate surface area is 151 Å². The number of amides is 2. The number of halogens is 2. The van der Waals surface area contributed by atoms with Crippen molar-refractivity contribution in [3.05, 3.63) is 44.4 Å². The molecule has 132 valence electrons. The van der Waals surface area contributed by atoms with Gasteiger partial charge in [0.05, 0.1) is 6.42 Å². The maximum absolute atomic E-state index is 13.9. The van der Waals surface area contributed by atoms with Gasteiger partial charge < -0.3 is 15.2 Å². The lowest BCUT2D eigenvalue weighted by atomic mass is 10.2. The Morgan fingerprint density at radius 2 is 2.12 bits per heavy atom. The molecule has 1 atom stereocenters. The number of nitrogens with one attached hydrogen (secondary N) is 2. The lowest BCUT2D eigenvalue weighted by Gasteiger charge is -2.18. The summed E-state index contributed by atoms with van der Waals surface area (Å²) < 4.78 is 28.3. The van der Waals surface area contributed by atoms with Gasteiger partial charge in [-0.25, -0.2) is 8.78 Å². The molecule has 0 spiro atoms. The van der Waals surface area contributed by atoms with Crippen LogP contribution >= 0.6 is 23.6 Å². The smallest absolute Gasteiger partial charge is 0.249 e. The zero-order chi connectivity index (χ0) is 18.1. The highest BCUT2D eigenvalue weighted by Gasteiger charge is 2.36. The number of rotatable bonds is 4. The fraction of sp³-hybridized carbons (Fsp3) is 0.312. The fourth-order valence-electron chi connectivity index (χ4n) is 2.78. The van der Waals surface area contributed by atoms with E-state index in [1.165, 1.54) is 17.4 Å². The summed E-state index contributed by atoms with van der Waals surface area (Å²) in [7, 11) is 0. The molecule has 1 saturated heterocycles. The van der Waals surface area contributed by atoms with Crippen molar-refractivity contribution in [2.75, 3.05) is 11.4 Å². The van der Waals surface area contributed by atoms with E-state index in [0.29, 0.717) is 10.4 Å². The summed E-state index contributed by atoms with van der Waals surface area (Å²) in [6.07, 6.45) is 0.391. The number of aromatic amines is 1. The highest BCUT2D eigenvalue weighted by Crippen LogP contribution is 2.27. The number of anilines is 1. The third-order valence-corrected chi connectivity index (χ3v) is 5.33. The summed E-state index contributed by atoms with van der Waals surface area (Å²) in [5, 5.41) is 2.64. The van der Waals surface area contributed by atoms with E-state index in [1.807, 2.05) is 6.92 Å². The van der Waals surface area contributed by atoms with Crippen molar-refractivity contribution in [2.24, 2.45) is 0 Å². The molecule has 2 amide bonds. The Morgan fingerprint density at radius 1 is 1.44 bits per heavy atom. The topological polar surface area (TPSA) is 65.2 Å². The Morgan fingerprint density at radius 3 is 2.72 bits per heavy atom. The summed E-state index contributed by atoms with van der Waals surface area (Å²) in [6, 6.07) is 2.64. The molecule has 1 aliphatic rings. The van der Waals surface area contributed by atoms with Gasteiger partial charge in [-0.2, -0.15) is 0 Å². The first-order chi connectivity index (χ1) is 11.9. The molecular weight excluding hydrogens is 368 g/mol. The second-order valence-corrected chi connectivity index (χ2v) is 7.48. The molecule has 2 heterocycles. The molecule has 1 aromatic carbocycles. The third kappa shape index (κ3) is 3.62. The van der Waals surface area contributed by atoms with Gasteiger partial charge in [-0.3, -0.25) is 9.59 Å². The highest BCUT2D eigenvalue weighted by molar-refractivity contribution is 7.73. The highest BCUT2D eigenvalue weighted by atomic mass is 32.1. The SMILES string of the molecule is Cc1[nH]c(=S)sc1CC(=O)N[C@H]1CCN(c2c(F)cccc2F)C1=O. The van der Waals surface area contributed by atoms with E-state index in [9.17, 15) is 18.4 Å². The number of thiazole rings is 1. The van der Waals surface area contributed by atoms with Gasteiger partial charge in [-0.15, -0.1) is 11.3 Å². The summed E-state index contributed by atoms with van der Waals surface area (Å²) in [5.41, 5.74) is 0.446. The minimum Gasteiger partial charge on any atom is -0.344 e. The molecule has 25 heavy (non-hydrogen) atoms. The molecule has 1 aliphatic heterocycles. The predicted octanol–water partition coefficient (Wildman–Crippen LogP) is 2.86. The van der Waals surface area contributed by atoms with Gasteiger partial charge in [-0.05, 0) is 37.7 Å². The first-order valence-corrected chi connectivity index (χ1v) is 8.82. The lowest BCUT2D eigenvalue weighted by Crippen LogP contribution is -2.42. The molecule has 3 rings (SSSR count). The molecule has 0 unspecified atom stereocenters. The van der Waals surface area contributed by atoms with Crippen LogP contribution < -0.4 is 10.2 Å². The van der Waals surface area contributed by atoms with Crippen LogP contribution in [0.25, 0.3) is 0 Å². The Bertz CT molecular complexity index is 873. The molecule has 0 radical (unpaired) electrons. The minimum atomic E-state index is -0.803. The molecular formula is C16H15F2N3O2S2. The van der Waals surface area contributed by atoms with Crippen LogP contribution in [0.3, 0.4) is 0 Å². The van der Waals surface area contributed by atoms with Crippen LogP contribution in [-0.4, -0.2) is 29.4 Å². The quantitative estimate of drug-likeness (QED) is 0.798. The number of carbonyl (C=O) groups excluding carboxylic acids is 2. The van der Waals surface area contributed by atoms with Crippen LogP contribution in [0.1, 0.15) is 17.0 Å². The van der Waals surface area contributed by atoms with E-state index >= 15 is 0 Å². The van der Waals surface area contributed by atoms with Crippen molar-refractivity contribution in [3.8, 4) is 0 Å². The van der Waals surface area contributed by atoms with Crippen LogP contribution in [0.15, 0.2) is 18.2 Å². The van der Waals surface area contributed by atoms with Crippen molar-refractivity contribution in [1.82, 2.24) is 10.3 Å². The van der Waals surface area contributed by atoms with E-state index in [4.69, 9.17) is 12.2 Å². The first-order valence-electron chi connectivity index (χ1n) is 7.60. The van der Waals surface area contributed by atoms with Gasteiger partial charge in [0.2, 0.25) is 11.8 Å². The molecule has 1 aromatic heterocycles. The molecule has 0 aliphatic carbocycles. The average molecular weight is 383 g/mol. The van der Waals surface area contributed by atoms with Crippen LogP contribution in [0.5, 0.6) is 0 Å². The molecule has 0 saturated carbocycles. The summed E-state index contributed by atoms with van der Waals surface area (Å²) in [6.45, 7) is 1.96. The zero-order valence-corrected chi connectivity index (χ0v) is 14.9. The fourth-order valence-corrected chi connectivity index (χ4v) is 4.07. The van der Waals surface area contributed by atoms with Gasteiger partial charge in [0.15, 0.2) is 3.95 Å². The molecule has 5 nitrogen and oxygen atoms in total. The van der Waals surface area contributed by atoms with Crippen LogP contribution in [0.4, 0.5) is 14.5 Å². The average Bonchev–Trinajstić information content (AvgIpc) is 3.03. The Hall–Kier alpha value is -2.13. The van der Waals surface area contributed by atoms with Gasteiger partial charge in [0, 0.05) is 17.1 Å². The molecule has 2 aromatic rings. The molecule has 0 bridgehead atoms. The number of H-pyrrole nitrogens is 1. The zero-order valence-electron chi connectivity index (χ0n) is 13.3. The summed E-state index contributed by atoms with van der Waals surface area (Å²) in [4.78, 5) is 29.4. The summed E-state index contributed by atoms with van der Waals surface area (Å²) >= 11 is 6.34. The van der Waals surface area contributed by atoms with Gasteiger partial charge in [0.1, 0.15) is 23.4 Å². The molecule has 1 fully saturated rings. The number of para-hydroxylation sites is 1. The third-order valence-electron chi connectivity index (χ3n) is 3.99. The maximum Gasteiger partial charge on any atom is 0.249 e. The van der Waals surface area contributed by atoms with Gasteiger partial charge >= 0.3 is 0 Å². The number of benzene rings is 1. The van der Waals surface area contributed by atoms with E-state index in [1.54, 1.807) is 0 Å². The normalized spacial score (nSPS) is 17.2. The number of hydrogen-bond acceptors (Lipinski definition) is 4.